The topological polar surface area (TPSA) is 49.4 Å². The van der Waals surface area contributed by atoms with Crippen LogP contribution >= 0.6 is 15.9 Å². The Hall–Kier alpha value is -2.14. The summed E-state index contributed by atoms with van der Waals surface area (Å²) < 4.78 is 0.969. The number of aryl methyl sites for hydroxylation is 2. The van der Waals surface area contributed by atoms with Crippen molar-refractivity contribution >= 4 is 27.7 Å². The second-order valence-corrected chi connectivity index (χ2v) is 9.40. The summed E-state index contributed by atoms with van der Waals surface area (Å²) in [4.78, 5) is 27.9. The van der Waals surface area contributed by atoms with Crippen LogP contribution in [0.5, 0.6) is 0 Å². The molecule has 0 spiro atoms. The van der Waals surface area contributed by atoms with Gasteiger partial charge in [-0.15, -0.1) is 0 Å². The van der Waals surface area contributed by atoms with Crippen LogP contribution in [0.25, 0.3) is 0 Å². The number of nitrogens with zero attached hydrogens (tertiary/aromatic N) is 1. The monoisotopic (exact) mass is 484 g/mol. The molecule has 1 fully saturated rings. The molecule has 0 aromatic heterocycles. The van der Waals surface area contributed by atoms with Gasteiger partial charge in [0.05, 0.1) is 0 Å². The molecule has 2 amide bonds. The highest BCUT2D eigenvalue weighted by molar-refractivity contribution is 9.10. The third-order valence-electron chi connectivity index (χ3n) is 6.17. The molecule has 5 heteroatoms. The van der Waals surface area contributed by atoms with Crippen molar-refractivity contribution in [1.29, 1.82) is 0 Å². The Morgan fingerprint density at radius 1 is 1.06 bits per heavy atom. The Labute approximate surface area is 194 Å². The molecule has 1 unspecified atom stereocenters. The van der Waals surface area contributed by atoms with Gasteiger partial charge in [-0.25, -0.2) is 0 Å². The van der Waals surface area contributed by atoms with Gasteiger partial charge in [0.25, 0.3) is 0 Å². The smallest absolute Gasteiger partial charge is 0.242 e. The number of hydrogen-bond donors (Lipinski definition) is 1. The molecule has 31 heavy (non-hydrogen) atoms. The van der Waals surface area contributed by atoms with Gasteiger partial charge < -0.3 is 10.2 Å². The van der Waals surface area contributed by atoms with Gasteiger partial charge in [0.2, 0.25) is 11.8 Å². The standard InChI is InChI=1S/C26H33BrN2O2/c1-3-20-11-13-21(14-12-20)15-16-25(30)29(18-22-7-6-8-23(27)17-22)19(2)26(31)28-24-9-4-5-10-24/h6-8,11-14,17,19,24H,3-5,9-10,15-16,18H2,1-2H3,(H,28,31). The predicted molar refractivity (Wildman–Crippen MR) is 129 cm³/mol. The van der Waals surface area contributed by atoms with Gasteiger partial charge in [0, 0.05) is 23.5 Å². The quantitative estimate of drug-likeness (QED) is 0.516. The van der Waals surface area contributed by atoms with E-state index in [0.29, 0.717) is 19.4 Å². The number of rotatable bonds is 9. The van der Waals surface area contributed by atoms with E-state index in [1.165, 1.54) is 5.56 Å². The van der Waals surface area contributed by atoms with Gasteiger partial charge in [-0.05, 0) is 61.4 Å². The SMILES string of the molecule is CCc1ccc(CCC(=O)N(Cc2cccc(Br)c2)C(C)C(=O)NC2CCCC2)cc1. The summed E-state index contributed by atoms with van der Waals surface area (Å²) in [6.07, 6.45) is 6.47. The molecule has 4 nitrogen and oxygen atoms in total. The highest BCUT2D eigenvalue weighted by Crippen LogP contribution is 2.20. The van der Waals surface area contributed by atoms with Crippen LogP contribution in [-0.2, 0) is 29.0 Å². The number of hydrogen-bond acceptors (Lipinski definition) is 2. The number of benzene rings is 2. The van der Waals surface area contributed by atoms with E-state index >= 15 is 0 Å². The van der Waals surface area contributed by atoms with E-state index < -0.39 is 6.04 Å². The molecule has 1 aliphatic carbocycles. The molecule has 1 N–H and O–H groups in total. The lowest BCUT2D eigenvalue weighted by Gasteiger charge is -2.30. The first-order valence-electron chi connectivity index (χ1n) is 11.4. The predicted octanol–water partition coefficient (Wildman–Crippen LogP) is 5.42. The summed E-state index contributed by atoms with van der Waals surface area (Å²) in [5.74, 6) is -0.0452. The maximum Gasteiger partial charge on any atom is 0.242 e. The summed E-state index contributed by atoms with van der Waals surface area (Å²) in [6, 6.07) is 16.1. The van der Waals surface area contributed by atoms with Crippen LogP contribution in [0.3, 0.4) is 0 Å². The van der Waals surface area contributed by atoms with Crippen molar-refractivity contribution in [3.63, 3.8) is 0 Å². The van der Waals surface area contributed by atoms with Gasteiger partial charge in [0.1, 0.15) is 6.04 Å². The molecule has 0 aliphatic heterocycles. The molecule has 166 valence electrons. The molecular formula is C26H33BrN2O2. The van der Waals surface area contributed by atoms with Crippen molar-refractivity contribution in [2.24, 2.45) is 0 Å². The molecule has 0 saturated heterocycles. The molecule has 1 aliphatic rings. The fraction of sp³-hybridized carbons (Fsp3) is 0.462. The average molecular weight is 485 g/mol. The van der Waals surface area contributed by atoms with Gasteiger partial charge in [-0.1, -0.05) is 72.1 Å². The molecule has 2 aromatic rings. The van der Waals surface area contributed by atoms with Crippen molar-refractivity contribution in [3.8, 4) is 0 Å². The van der Waals surface area contributed by atoms with Gasteiger partial charge in [-0.2, -0.15) is 0 Å². The van der Waals surface area contributed by atoms with Crippen molar-refractivity contribution in [3.05, 3.63) is 69.7 Å². The van der Waals surface area contributed by atoms with E-state index in [0.717, 1.165) is 47.7 Å². The van der Waals surface area contributed by atoms with Crippen LogP contribution in [0, 0.1) is 0 Å². The van der Waals surface area contributed by atoms with Crippen molar-refractivity contribution in [2.45, 2.75) is 77.4 Å². The highest BCUT2D eigenvalue weighted by atomic mass is 79.9. The minimum Gasteiger partial charge on any atom is -0.352 e. The van der Waals surface area contributed by atoms with Gasteiger partial charge in [-0.3, -0.25) is 9.59 Å². The lowest BCUT2D eigenvalue weighted by molar-refractivity contribution is -0.140. The maximum atomic E-state index is 13.2. The Balaban J connectivity index is 1.69. The molecule has 1 saturated carbocycles. The zero-order valence-corrected chi connectivity index (χ0v) is 20.2. The van der Waals surface area contributed by atoms with Crippen LogP contribution in [0.1, 0.15) is 62.6 Å². The number of carbonyl (C=O) groups is 2. The summed E-state index contributed by atoms with van der Waals surface area (Å²) in [5.41, 5.74) is 3.45. The number of carbonyl (C=O) groups excluding carboxylic acids is 2. The summed E-state index contributed by atoms with van der Waals surface area (Å²) >= 11 is 3.50. The summed E-state index contributed by atoms with van der Waals surface area (Å²) in [5, 5.41) is 3.16. The number of amides is 2. The van der Waals surface area contributed by atoms with Crippen molar-refractivity contribution in [2.75, 3.05) is 0 Å². The maximum absolute atomic E-state index is 13.2. The zero-order chi connectivity index (χ0) is 22.2. The van der Waals surface area contributed by atoms with E-state index in [2.05, 4.69) is 52.4 Å². The van der Waals surface area contributed by atoms with Crippen LogP contribution in [0.15, 0.2) is 53.0 Å². The van der Waals surface area contributed by atoms with Gasteiger partial charge >= 0.3 is 0 Å². The first-order chi connectivity index (χ1) is 15.0. The van der Waals surface area contributed by atoms with E-state index in [-0.39, 0.29) is 17.9 Å². The van der Waals surface area contributed by atoms with Crippen LogP contribution in [0.2, 0.25) is 0 Å². The molecule has 0 bridgehead atoms. The van der Waals surface area contributed by atoms with Gasteiger partial charge in [0.15, 0.2) is 0 Å². The first-order valence-corrected chi connectivity index (χ1v) is 12.2. The molecule has 1 atom stereocenters. The van der Waals surface area contributed by atoms with Crippen molar-refractivity contribution < 1.29 is 9.59 Å². The van der Waals surface area contributed by atoms with E-state index in [4.69, 9.17) is 0 Å². The van der Waals surface area contributed by atoms with Crippen LogP contribution < -0.4 is 5.32 Å². The largest absolute Gasteiger partial charge is 0.352 e. The third-order valence-corrected chi connectivity index (χ3v) is 6.66. The van der Waals surface area contributed by atoms with E-state index in [1.807, 2.05) is 31.2 Å². The lowest BCUT2D eigenvalue weighted by Crippen LogP contribution is -2.49. The first kappa shape index (κ1) is 23.5. The fourth-order valence-corrected chi connectivity index (χ4v) is 4.59. The lowest BCUT2D eigenvalue weighted by atomic mass is 10.0. The average Bonchev–Trinajstić information content (AvgIpc) is 3.28. The highest BCUT2D eigenvalue weighted by Gasteiger charge is 2.28. The van der Waals surface area contributed by atoms with Crippen LogP contribution in [-0.4, -0.2) is 28.8 Å². The molecular weight excluding hydrogens is 452 g/mol. The Bertz CT molecular complexity index is 875. The van der Waals surface area contributed by atoms with Crippen molar-refractivity contribution in [1.82, 2.24) is 10.2 Å². The Morgan fingerprint density at radius 2 is 1.74 bits per heavy atom. The normalized spacial score (nSPS) is 14.9. The second-order valence-electron chi connectivity index (χ2n) is 8.49. The van der Waals surface area contributed by atoms with E-state index in [1.54, 1.807) is 4.90 Å². The zero-order valence-electron chi connectivity index (χ0n) is 18.6. The third kappa shape index (κ3) is 6.93. The number of nitrogens with one attached hydrogen (secondary N) is 1. The number of halogens is 1. The molecule has 0 radical (unpaired) electrons. The fourth-order valence-electron chi connectivity index (χ4n) is 4.14. The minimum atomic E-state index is -0.505. The second kappa shape index (κ2) is 11.5. The summed E-state index contributed by atoms with van der Waals surface area (Å²) in [6.45, 7) is 4.40. The minimum absolute atomic E-state index is 0.00798. The Kier molecular flexibility index (Phi) is 8.70. The Morgan fingerprint density at radius 3 is 2.39 bits per heavy atom. The molecule has 2 aromatic carbocycles. The molecule has 0 heterocycles. The molecule has 3 rings (SSSR count). The van der Waals surface area contributed by atoms with E-state index in [9.17, 15) is 9.59 Å². The summed E-state index contributed by atoms with van der Waals surface area (Å²) in [7, 11) is 0. The van der Waals surface area contributed by atoms with Crippen LogP contribution in [0.4, 0.5) is 0 Å².